The third-order valence-electron chi connectivity index (χ3n) is 4.93. The van der Waals surface area contributed by atoms with E-state index in [1.54, 1.807) is 6.07 Å². The van der Waals surface area contributed by atoms with E-state index >= 15 is 0 Å². The minimum atomic E-state index is -0.709. The highest BCUT2D eigenvalue weighted by Gasteiger charge is 2.15. The van der Waals surface area contributed by atoms with Gasteiger partial charge in [-0.05, 0) is 23.6 Å². The summed E-state index contributed by atoms with van der Waals surface area (Å²) in [5, 5.41) is 15.5. The molecule has 0 fully saturated rings. The van der Waals surface area contributed by atoms with Crippen LogP contribution < -0.4 is 5.56 Å². The van der Waals surface area contributed by atoms with Crippen molar-refractivity contribution in [3.8, 4) is 0 Å². The first-order chi connectivity index (χ1) is 13.2. The number of nitrogens with zero attached hydrogens (tertiary/aromatic N) is 3. The van der Waals surface area contributed by atoms with Crippen molar-refractivity contribution in [3.63, 3.8) is 0 Å². The van der Waals surface area contributed by atoms with Gasteiger partial charge in [0, 0.05) is 21.8 Å². The lowest BCUT2D eigenvalue weighted by Crippen LogP contribution is -2.29. The lowest BCUT2D eigenvalue weighted by molar-refractivity contribution is 0.136. The van der Waals surface area contributed by atoms with Crippen LogP contribution in [-0.2, 0) is 13.1 Å². The molecular weight excluding hydrogens is 358 g/mol. The van der Waals surface area contributed by atoms with E-state index in [2.05, 4.69) is 33.8 Å². The van der Waals surface area contributed by atoms with Crippen LogP contribution in [0.3, 0.4) is 0 Å². The Morgan fingerprint density at radius 3 is 2.30 bits per heavy atom. The summed E-state index contributed by atoms with van der Waals surface area (Å²) in [5.74, 6) is 0. The molecule has 27 heavy (non-hydrogen) atoms. The average Bonchev–Trinajstić information content (AvgIpc) is 3.29. The summed E-state index contributed by atoms with van der Waals surface area (Å²) in [7, 11) is 0. The van der Waals surface area contributed by atoms with Crippen molar-refractivity contribution in [2.45, 2.75) is 19.2 Å². The number of thiophene rings is 1. The fourth-order valence-electron chi connectivity index (χ4n) is 3.72. The molecule has 0 aliphatic rings. The molecule has 5 aromatic rings. The van der Waals surface area contributed by atoms with Gasteiger partial charge in [-0.15, -0.1) is 11.3 Å². The molecule has 0 radical (unpaired) electrons. The highest BCUT2D eigenvalue weighted by atomic mass is 32.1. The predicted octanol–water partition coefficient (Wildman–Crippen LogP) is 3.63. The number of aliphatic hydroxyl groups is 1. The molecule has 3 heterocycles. The van der Waals surface area contributed by atoms with Gasteiger partial charge in [-0.25, -0.2) is 4.98 Å². The van der Waals surface area contributed by atoms with E-state index in [-0.39, 0.29) is 12.1 Å². The molecule has 1 atom stereocenters. The second-order valence-electron chi connectivity index (χ2n) is 6.64. The van der Waals surface area contributed by atoms with Crippen molar-refractivity contribution < 1.29 is 5.11 Å². The topological polar surface area (TPSA) is 60.1 Å². The number of aromatic nitrogens is 3. The Morgan fingerprint density at radius 2 is 1.59 bits per heavy atom. The van der Waals surface area contributed by atoms with E-state index in [1.165, 1.54) is 33.0 Å². The SMILES string of the molecule is O=c1c2ccsc2ncn1C[C@H](O)Cn1c2ccccc2c2ccccc21. The zero-order valence-corrected chi connectivity index (χ0v) is 15.3. The van der Waals surface area contributed by atoms with Gasteiger partial charge in [0.1, 0.15) is 4.83 Å². The van der Waals surface area contributed by atoms with Crippen LogP contribution in [0.4, 0.5) is 0 Å². The molecule has 3 aromatic heterocycles. The third-order valence-corrected chi connectivity index (χ3v) is 5.75. The Morgan fingerprint density at radius 1 is 0.926 bits per heavy atom. The number of hydrogen-bond acceptors (Lipinski definition) is 4. The summed E-state index contributed by atoms with van der Waals surface area (Å²) in [6.07, 6.45) is 0.816. The number of hydrogen-bond donors (Lipinski definition) is 1. The summed E-state index contributed by atoms with van der Waals surface area (Å²) in [4.78, 5) is 17.6. The van der Waals surface area contributed by atoms with Crippen LogP contribution in [0.25, 0.3) is 32.0 Å². The molecule has 0 saturated carbocycles. The Balaban J connectivity index is 1.52. The molecular formula is C21H17N3O2S. The van der Waals surface area contributed by atoms with Crippen molar-refractivity contribution in [2.24, 2.45) is 0 Å². The summed E-state index contributed by atoms with van der Waals surface area (Å²) in [5.41, 5.74) is 2.05. The summed E-state index contributed by atoms with van der Waals surface area (Å²) < 4.78 is 3.62. The number of fused-ring (bicyclic) bond motifs is 4. The Kier molecular flexibility index (Phi) is 3.81. The molecule has 0 amide bonds. The number of benzene rings is 2. The molecule has 0 spiro atoms. The average molecular weight is 375 g/mol. The molecule has 0 saturated heterocycles. The quantitative estimate of drug-likeness (QED) is 0.522. The second kappa shape index (κ2) is 6.33. The molecule has 6 heteroatoms. The maximum absolute atomic E-state index is 12.6. The maximum atomic E-state index is 12.6. The minimum absolute atomic E-state index is 0.109. The molecule has 5 rings (SSSR count). The molecule has 0 aliphatic carbocycles. The van der Waals surface area contributed by atoms with Crippen LogP contribution in [-0.4, -0.2) is 25.3 Å². The molecule has 0 aliphatic heterocycles. The Hall–Kier alpha value is -2.96. The van der Waals surface area contributed by atoms with Gasteiger partial charge >= 0.3 is 0 Å². The standard InChI is InChI=1S/C21H17N3O2S/c25-14(11-23-13-22-20-17(21(23)26)9-10-27-20)12-24-18-7-3-1-5-15(18)16-6-2-4-8-19(16)24/h1-10,13-14,25H,11-12H2/t14-/m0/s1. The summed E-state index contributed by atoms with van der Waals surface area (Å²) in [6.45, 7) is 0.612. The number of para-hydroxylation sites is 2. The minimum Gasteiger partial charge on any atom is -0.389 e. The maximum Gasteiger partial charge on any atom is 0.262 e. The predicted molar refractivity (Wildman–Crippen MR) is 109 cm³/mol. The van der Waals surface area contributed by atoms with Crippen molar-refractivity contribution in [1.82, 2.24) is 14.1 Å². The molecule has 2 aromatic carbocycles. The van der Waals surface area contributed by atoms with Crippen molar-refractivity contribution in [2.75, 3.05) is 0 Å². The van der Waals surface area contributed by atoms with Crippen molar-refractivity contribution in [3.05, 3.63) is 76.7 Å². The summed E-state index contributed by atoms with van der Waals surface area (Å²) >= 11 is 1.44. The van der Waals surface area contributed by atoms with Crippen LogP contribution in [0.2, 0.25) is 0 Å². The highest BCUT2D eigenvalue weighted by Crippen LogP contribution is 2.28. The van der Waals surface area contributed by atoms with E-state index < -0.39 is 6.10 Å². The third kappa shape index (κ3) is 2.65. The summed E-state index contributed by atoms with van der Waals surface area (Å²) in [6, 6.07) is 18.2. The van der Waals surface area contributed by atoms with Gasteiger partial charge in [-0.3, -0.25) is 9.36 Å². The fraction of sp³-hybridized carbons (Fsp3) is 0.143. The van der Waals surface area contributed by atoms with E-state index in [1.807, 2.05) is 29.6 Å². The van der Waals surface area contributed by atoms with E-state index in [4.69, 9.17) is 0 Å². The monoisotopic (exact) mass is 375 g/mol. The smallest absolute Gasteiger partial charge is 0.262 e. The van der Waals surface area contributed by atoms with Crippen LogP contribution in [0.15, 0.2) is 71.1 Å². The lowest BCUT2D eigenvalue weighted by atomic mass is 10.2. The Bertz CT molecular complexity index is 1280. The molecule has 134 valence electrons. The zero-order valence-electron chi connectivity index (χ0n) is 14.4. The fourth-order valence-corrected chi connectivity index (χ4v) is 4.44. The number of rotatable bonds is 4. The van der Waals surface area contributed by atoms with Crippen molar-refractivity contribution >= 4 is 43.4 Å². The van der Waals surface area contributed by atoms with Gasteiger partial charge in [0.05, 0.1) is 30.9 Å². The second-order valence-corrected chi connectivity index (χ2v) is 7.53. The lowest BCUT2D eigenvalue weighted by Gasteiger charge is -2.15. The highest BCUT2D eigenvalue weighted by molar-refractivity contribution is 7.16. The zero-order chi connectivity index (χ0) is 18.4. The Labute approximate surface area is 158 Å². The molecule has 0 bridgehead atoms. The number of aliphatic hydroxyl groups excluding tert-OH is 1. The molecule has 1 N–H and O–H groups in total. The molecule has 0 unspecified atom stereocenters. The van der Waals surface area contributed by atoms with Gasteiger partial charge in [0.25, 0.3) is 5.56 Å². The first kappa shape index (κ1) is 16.2. The van der Waals surface area contributed by atoms with E-state index in [0.717, 1.165) is 15.9 Å². The van der Waals surface area contributed by atoms with Gasteiger partial charge in [0.15, 0.2) is 0 Å². The van der Waals surface area contributed by atoms with E-state index in [9.17, 15) is 9.90 Å². The normalized spacial score (nSPS) is 12.9. The first-order valence-electron chi connectivity index (χ1n) is 8.79. The largest absolute Gasteiger partial charge is 0.389 e. The van der Waals surface area contributed by atoms with Crippen LogP contribution in [0, 0.1) is 0 Å². The van der Waals surface area contributed by atoms with Crippen LogP contribution in [0.1, 0.15) is 0 Å². The van der Waals surface area contributed by atoms with E-state index in [0.29, 0.717) is 11.9 Å². The van der Waals surface area contributed by atoms with Crippen LogP contribution >= 0.6 is 11.3 Å². The van der Waals surface area contributed by atoms with Gasteiger partial charge in [-0.1, -0.05) is 36.4 Å². The first-order valence-corrected chi connectivity index (χ1v) is 9.67. The van der Waals surface area contributed by atoms with Crippen molar-refractivity contribution in [1.29, 1.82) is 0 Å². The van der Waals surface area contributed by atoms with Crippen LogP contribution in [0.5, 0.6) is 0 Å². The molecule has 5 nitrogen and oxygen atoms in total. The van der Waals surface area contributed by atoms with Gasteiger partial charge < -0.3 is 9.67 Å². The van der Waals surface area contributed by atoms with Gasteiger partial charge in [0.2, 0.25) is 0 Å². The van der Waals surface area contributed by atoms with Gasteiger partial charge in [-0.2, -0.15) is 0 Å².